The topological polar surface area (TPSA) is 26.3 Å². The predicted octanol–water partition coefficient (Wildman–Crippen LogP) is 4.08. The second-order valence-corrected chi connectivity index (χ2v) is 12.5. The number of ketones is 1. The summed E-state index contributed by atoms with van der Waals surface area (Å²) in [6, 6.07) is 0. The van der Waals surface area contributed by atoms with Crippen molar-refractivity contribution in [2.24, 2.45) is 5.92 Å². The fourth-order valence-electron chi connectivity index (χ4n) is 2.70. The van der Waals surface area contributed by atoms with E-state index in [2.05, 4.69) is 57.5 Å². The van der Waals surface area contributed by atoms with Crippen molar-refractivity contribution in [3.63, 3.8) is 0 Å². The van der Waals surface area contributed by atoms with Crippen LogP contribution in [-0.2, 0) is 9.22 Å². The van der Waals surface area contributed by atoms with Crippen LogP contribution in [0.4, 0.5) is 0 Å². The Kier molecular flexibility index (Phi) is 4.71. The molecule has 0 aromatic rings. The zero-order chi connectivity index (χ0) is 16.4. The minimum Gasteiger partial charge on any atom is -0.395 e. The fourth-order valence-corrected chi connectivity index (χ4v) is 4.13. The Bertz CT molecular complexity index is 601. The van der Waals surface area contributed by atoms with Gasteiger partial charge in [0.2, 0.25) is 0 Å². The summed E-state index contributed by atoms with van der Waals surface area (Å²) < 4.78 is 6.58. The Labute approximate surface area is 135 Å². The molecule has 2 bridgehead atoms. The highest BCUT2D eigenvalue weighted by molar-refractivity contribution is 6.74. The molecule has 2 aliphatic rings. The van der Waals surface area contributed by atoms with E-state index in [4.69, 9.17) is 4.43 Å². The zero-order valence-electron chi connectivity index (χ0n) is 14.4. The molecule has 0 aromatic carbocycles. The van der Waals surface area contributed by atoms with Crippen LogP contribution in [0.3, 0.4) is 0 Å². The molecule has 118 valence electrons. The van der Waals surface area contributed by atoms with Gasteiger partial charge in [0, 0.05) is 12.3 Å². The van der Waals surface area contributed by atoms with E-state index in [0.717, 1.165) is 12.8 Å². The molecular formula is C19H26O2Si. The number of rotatable bonds is 2. The summed E-state index contributed by atoms with van der Waals surface area (Å²) in [6.07, 6.45) is 6.70. The molecule has 2 unspecified atom stereocenters. The lowest BCUT2D eigenvalue weighted by atomic mass is 9.76. The minimum atomic E-state index is -2.07. The van der Waals surface area contributed by atoms with Crippen molar-refractivity contribution in [1.29, 1.82) is 0 Å². The van der Waals surface area contributed by atoms with Crippen LogP contribution in [0.15, 0.2) is 12.2 Å². The molecular weight excluding hydrogens is 288 g/mol. The number of allylic oxidation sites excluding steroid dienone is 2. The molecule has 0 saturated heterocycles. The van der Waals surface area contributed by atoms with Crippen LogP contribution in [-0.4, -0.2) is 19.7 Å². The summed E-state index contributed by atoms with van der Waals surface area (Å²) in [5.41, 5.74) is -0.921. The van der Waals surface area contributed by atoms with Crippen molar-refractivity contribution in [2.75, 3.05) is 0 Å². The molecule has 1 fully saturated rings. The molecule has 2 atom stereocenters. The lowest BCUT2D eigenvalue weighted by Crippen LogP contribution is -2.56. The monoisotopic (exact) mass is 314 g/mol. The van der Waals surface area contributed by atoms with Gasteiger partial charge in [-0.05, 0) is 49.5 Å². The largest absolute Gasteiger partial charge is 0.395 e. The third-order valence-electron chi connectivity index (χ3n) is 5.06. The summed E-state index contributed by atoms with van der Waals surface area (Å²) in [4.78, 5) is 13.1. The Hall–Kier alpha value is -1.29. The summed E-state index contributed by atoms with van der Waals surface area (Å²) in [7, 11) is -2.07. The van der Waals surface area contributed by atoms with Gasteiger partial charge in [0.15, 0.2) is 19.7 Å². The van der Waals surface area contributed by atoms with Gasteiger partial charge < -0.3 is 4.43 Å². The highest BCUT2D eigenvalue weighted by Gasteiger charge is 2.51. The van der Waals surface area contributed by atoms with E-state index in [9.17, 15) is 4.79 Å². The van der Waals surface area contributed by atoms with Crippen LogP contribution < -0.4 is 0 Å². The van der Waals surface area contributed by atoms with Gasteiger partial charge in [-0.1, -0.05) is 44.5 Å². The highest BCUT2D eigenvalue weighted by atomic mass is 28.4. The molecule has 2 rings (SSSR count). The van der Waals surface area contributed by atoms with Crippen molar-refractivity contribution < 1.29 is 9.22 Å². The third-order valence-corrected chi connectivity index (χ3v) is 9.53. The summed E-state index contributed by atoms with van der Waals surface area (Å²) >= 11 is 0. The molecule has 0 radical (unpaired) electrons. The predicted molar refractivity (Wildman–Crippen MR) is 92.7 cm³/mol. The maximum Gasteiger partial charge on any atom is 0.194 e. The van der Waals surface area contributed by atoms with E-state index in [1.165, 1.54) is 0 Å². The van der Waals surface area contributed by atoms with Crippen molar-refractivity contribution in [1.82, 2.24) is 0 Å². The summed E-state index contributed by atoms with van der Waals surface area (Å²) in [5.74, 6) is 12.3. The SMILES string of the molecule is CC(C)(C)[Si](C)(C)OC12C#C/C=C\C#CCC(CCC1)C2=O. The Morgan fingerprint density at radius 1 is 1.27 bits per heavy atom. The minimum absolute atomic E-state index is 0.0354. The van der Waals surface area contributed by atoms with Crippen molar-refractivity contribution in [2.45, 2.75) is 70.2 Å². The number of carbonyl (C=O) groups is 1. The number of hydrogen-bond donors (Lipinski definition) is 0. The first kappa shape index (κ1) is 17.1. The van der Waals surface area contributed by atoms with Gasteiger partial charge in [-0.2, -0.15) is 0 Å². The quantitative estimate of drug-likeness (QED) is 0.567. The zero-order valence-corrected chi connectivity index (χ0v) is 15.4. The Morgan fingerprint density at radius 2 is 1.95 bits per heavy atom. The third kappa shape index (κ3) is 3.37. The fraction of sp³-hybridized carbons (Fsp3) is 0.632. The Balaban J connectivity index is 2.43. The second-order valence-electron chi connectivity index (χ2n) is 7.77. The summed E-state index contributed by atoms with van der Waals surface area (Å²) in [6.45, 7) is 11.0. The summed E-state index contributed by atoms with van der Waals surface area (Å²) in [5, 5.41) is 0.0572. The van der Waals surface area contributed by atoms with Gasteiger partial charge in [0.25, 0.3) is 0 Å². The van der Waals surface area contributed by atoms with Crippen molar-refractivity contribution in [3.8, 4) is 23.7 Å². The smallest absolute Gasteiger partial charge is 0.194 e. The molecule has 3 heteroatoms. The number of Topliss-reactive ketones (excluding diaryl/α,β-unsaturated/α-hetero) is 1. The van der Waals surface area contributed by atoms with Gasteiger partial charge in [0.1, 0.15) is 0 Å². The lowest BCUT2D eigenvalue weighted by Gasteiger charge is -2.45. The molecule has 0 aliphatic heterocycles. The van der Waals surface area contributed by atoms with Crippen LogP contribution in [0.1, 0.15) is 46.5 Å². The molecule has 0 aromatic heterocycles. The molecule has 0 spiro atoms. The highest BCUT2D eigenvalue weighted by Crippen LogP contribution is 2.43. The first-order chi connectivity index (χ1) is 10.2. The Morgan fingerprint density at radius 3 is 2.64 bits per heavy atom. The lowest BCUT2D eigenvalue weighted by molar-refractivity contribution is -0.138. The molecule has 2 nitrogen and oxygen atoms in total. The van der Waals surface area contributed by atoms with Crippen LogP contribution in [0.25, 0.3) is 0 Å². The normalized spacial score (nSPS) is 29.7. The van der Waals surface area contributed by atoms with E-state index >= 15 is 0 Å². The van der Waals surface area contributed by atoms with Crippen LogP contribution in [0.2, 0.25) is 18.1 Å². The standard InChI is InChI=1S/C19H26O2Si/c1-18(2,3)22(4,5)21-19-14-10-8-6-7-9-12-16(17(19)20)13-11-15-19/h6,8,16H,11-13,15H2,1-5H3/b8-6-. The van der Waals surface area contributed by atoms with E-state index < -0.39 is 13.9 Å². The van der Waals surface area contributed by atoms with E-state index in [1.807, 2.05) is 0 Å². The van der Waals surface area contributed by atoms with Gasteiger partial charge in [0.05, 0.1) is 0 Å². The molecule has 0 heterocycles. The first-order valence-electron chi connectivity index (χ1n) is 8.09. The molecule has 22 heavy (non-hydrogen) atoms. The van der Waals surface area contributed by atoms with Crippen molar-refractivity contribution >= 4 is 14.1 Å². The maximum atomic E-state index is 13.1. The van der Waals surface area contributed by atoms with E-state index in [1.54, 1.807) is 12.2 Å². The molecule has 2 aliphatic carbocycles. The van der Waals surface area contributed by atoms with Crippen LogP contribution in [0.5, 0.6) is 0 Å². The number of fused-ring (bicyclic) bond motifs is 2. The van der Waals surface area contributed by atoms with Gasteiger partial charge in [-0.15, -0.1) is 0 Å². The van der Waals surface area contributed by atoms with E-state index in [-0.39, 0.29) is 16.7 Å². The number of carbonyl (C=O) groups excluding carboxylic acids is 1. The average Bonchev–Trinajstić information content (AvgIpc) is 2.39. The van der Waals surface area contributed by atoms with Crippen LogP contribution >= 0.6 is 0 Å². The van der Waals surface area contributed by atoms with Crippen molar-refractivity contribution in [3.05, 3.63) is 12.2 Å². The number of hydrogen-bond acceptors (Lipinski definition) is 2. The molecule has 0 amide bonds. The van der Waals surface area contributed by atoms with Gasteiger partial charge >= 0.3 is 0 Å². The molecule has 1 saturated carbocycles. The van der Waals surface area contributed by atoms with Gasteiger partial charge in [-0.25, -0.2) is 0 Å². The van der Waals surface area contributed by atoms with E-state index in [0.29, 0.717) is 12.8 Å². The average molecular weight is 315 g/mol. The van der Waals surface area contributed by atoms with Gasteiger partial charge in [-0.3, -0.25) is 4.79 Å². The second kappa shape index (κ2) is 6.07. The maximum absolute atomic E-state index is 13.1. The van der Waals surface area contributed by atoms with Crippen LogP contribution in [0, 0.1) is 29.6 Å². The first-order valence-corrected chi connectivity index (χ1v) is 11.0. The molecule has 0 N–H and O–H groups in total.